The minimum atomic E-state index is -3.45. The summed E-state index contributed by atoms with van der Waals surface area (Å²) in [5, 5.41) is 3.10. The second-order valence-corrected chi connectivity index (χ2v) is 9.26. The summed E-state index contributed by atoms with van der Waals surface area (Å²) in [5.41, 5.74) is 4.04. The number of anilines is 1. The molecule has 3 rings (SSSR count). The zero-order valence-corrected chi connectivity index (χ0v) is 18.5. The molecule has 6 heteroatoms. The number of nitrogens with zero attached hydrogens (tertiary/aromatic N) is 1. The molecule has 0 saturated carbocycles. The van der Waals surface area contributed by atoms with Crippen LogP contribution in [0.3, 0.4) is 0 Å². The van der Waals surface area contributed by atoms with E-state index in [-0.39, 0.29) is 18.5 Å². The number of sulfonamides is 1. The number of hydrogen-bond donors (Lipinski definition) is 1. The quantitative estimate of drug-likeness (QED) is 0.532. The van der Waals surface area contributed by atoms with E-state index in [0.29, 0.717) is 11.3 Å². The molecule has 5 nitrogen and oxygen atoms in total. The molecule has 0 radical (unpaired) electrons. The normalized spacial score (nSPS) is 12.1. The summed E-state index contributed by atoms with van der Waals surface area (Å²) in [4.78, 5) is 13.0. The zero-order valence-electron chi connectivity index (χ0n) is 17.7. The molecule has 0 aliphatic heterocycles. The van der Waals surface area contributed by atoms with Crippen molar-refractivity contribution in [1.82, 2.24) is 5.32 Å². The van der Waals surface area contributed by atoms with Gasteiger partial charge in [-0.1, -0.05) is 66.2 Å². The Morgan fingerprint density at radius 3 is 2.10 bits per heavy atom. The summed E-state index contributed by atoms with van der Waals surface area (Å²) in [7, 11) is -3.45. The molecule has 160 valence electrons. The highest BCUT2D eigenvalue weighted by molar-refractivity contribution is 7.92. The average Bonchev–Trinajstić information content (AvgIpc) is 2.76. The van der Waals surface area contributed by atoms with Crippen LogP contribution in [-0.2, 0) is 10.0 Å². The number of nitrogens with one attached hydrogen (secondary N) is 1. The molecule has 3 aromatic rings. The smallest absolute Gasteiger partial charge is 0.252 e. The van der Waals surface area contributed by atoms with E-state index in [4.69, 9.17) is 0 Å². The molecule has 0 bridgehead atoms. The third-order valence-corrected chi connectivity index (χ3v) is 6.09. The SMILES string of the molecule is C=CCN(c1ccc(C(=O)NC(c2ccccc2)c2ccc(C)cc2)cc1)S(C)(=O)=O. The van der Waals surface area contributed by atoms with Crippen LogP contribution < -0.4 is 9.62 Å². The van der Waals surface area contributed by atoms with Gasteiger partial charge in [0.15, 0.2) is 0 Å². The van der Waals surface area contributed by atoms with Crippen molar-refractivity contribution < 1.29 is 13.2 Å². The Labute approximate surface area is 184 Å². The molecule has 1 amide bonds. The van der Waals surface area contributed by atoms with Crippen LogP contribution in [0, 0.1) is 6.92 Å². The Hall–Kier alpha value is -3.38. The molecule has 1 atom stereocenters. The van der Waals surface area contributed by atoms with Gasteiger partial charge < -0.3 is 5.32 Å². The first-order valence-electron chi connectivity index (χ1n) is 9.90. The second kappa shape index (κ2) is 9.62. The number of hydrogen-bond acceptors (Lipinski definition) is 3. The Balaban J connectivity index is 1.86. The van der Waals surface area contributed by atoms with Gasteiger partial charge in [0, 0.05) is 5.56 Å². The van der Waals surface area contributed by atoms with E-state index in [0.717, 1.165) is 22.9 Å². The average molecular weight is 435 g/mol. The third-order valence-electron chi connectivity index (χ3n) is 4.93. The van der Waals surface area contributed by atoms with E-state index >= 15 is 0 Å². The predicted octanol–water partition coefficient (Wildman–Crippen LogP) is 4.47. The van der Waals surface area contributed by atoms with Crippen LogP contribution in [-0.4, -0.2) is 27.1 Å². The van der Waals surface area contributed by atoms with Crippen LogP contribution in [0.5, 0.6) is 0 Å². The second-order valence-electron chi connectivity index (χ2n) is 7.36. The fraction of sp³-hybridized carbons (Fsp3) is 0.160. The van der Waals surface area contributed by atoms with Crippen molar-refractivity contribution in [2.75, 3.05) is 17.1 Å². The summed E-state index contributed by atoms with van der Waals surface area (Å²) in [6, 6.07) is 24.0. The van der Waals surface area contributed by atoms with Crippen LogP contribution in [0.25, 0.3) is 0 Å². The topological polar surface area (TPSA) is 66.5 Å². The maximum Gasteiger partial charge on any atom is 0.252 e. The summed E-state index contributed by atoms with van der Waals surface area (Å²) in [5.74, 6) is -0.240. The number of aryl methyl sites for hydroxylation is 1. The van der Waals surface area contributed by atoms with Gasteiger partial charge in [-0.3, -0.25) is 9.10 Å². The lowest BCUT2D eigenvalue weighted by molar-refractivity contribution is 0.0943. The molecule has 0 fully saturated rings. The standard InChI is InChI=1S/C25H26N2O3S/c1-4-18-27(31(3,29)30)23-16-14-22(15-17-23)25(28)26-24(20-8-6-5-7-9-20)21-12-10-19(2)11-13-21/h4-17,24H,1,18H2,2-3H3,(H,26,28). The summed E-state index contributed by atoms with van der Waals surface area (Å²) < 4.78 is 25.3. The molecular weight excluding hydrogens is 408 g/mol. The Kier molecular flexibility index (Phi) is 6.92. The van der Waals surface area contributed by atoms with Gasteiger partial charge in [0.1, 0.15) is 0 Å². The number of carbonyl (C=O) groups excluding carboxylic acids is 1. The Morgan fingerprint density at radius 1 is 0.968 bits per heavy atom. The van der Waals surface area contributed by atoms with Crippen molar-refractivity contribution in [3.63, 3.8) is 0 Å². The van der Waals surface area contributed by atoms with E-state index in [9.17, 15) is 13.2 Å². The maximum absolute atomic E-state index is 13.0. The molecule has 1 unspecified atom stereocenters. The van der Waals surface area contributed by atoms with Crippen molar-refractivity contribution in [2.45, 2.75) is 13.0 Å². The van der Waals surface area contributed by atoms with Crippen LogP contribution in [0.2, 0.25) is 0 Å². The minimum absolute atomic E-state index is 0.161. The fourth-order valence-corrected chi connectivity index (χ4v) is 4.19. The lowest BCUT2D eigenvalue weighted by atomic mass is 9.97. The molecule has 0 aliphatic rings. The van der Waals surface area contributed by atoms with E-state index in [2.05, 4.69) is 11.9 Å². The number of carbonyl (C=O) groups is 1. The van der Waals surface area contributed by atoms with E-state index in [1.807, 2.05) is 61.5 Å². The first kappa shape index (κ1) is 22.3. The monoisotopic (exact) mass is 434 g/mol. The molecular formula is C25H26N2O3S. The van der Waals surface area contributed by atoms with Gasteiger partial charge in [0.25, 0.3) is 5.91 Å². The molecule has 0 aromatic heterocycles. The molecule has 1 N–H and O–H groups in total. The summed E-state index contributed by atoms with van der Waals surface area (Å²) in [6.45, 7) is 5.79. The zero-order chi connectivity index (χ0) is 22.4. The van der Waals surface area contributed by atoms with Gasteiger partial charge >= 0.3 is 0 Å². The molecule has 31 heavy (non-hydrogen) atoms. The molecule has 0 spiro atoms. The lowest BCUT2D eigenvalue weighted by Gasteiger charge is -2.22. The minimum Gasteiger partial charge on any atom is -0.341 e. The molecule has 0 heterocycles. The van der Waals surface area contributed by atoms with Gasteiger partial charge in [-0.2, -0.15) is 0 Å². The van der Waals surface area contributed by atoms with Crippen molar-refractivity contribution in [1.29, 1.82) is 0 Å². The van der Waals surface area contributed by atoms with Crippen LogP contribution in [0.15, 0.2) is 91.5 Å². The summed E-state index contributed by atoms with van der Waals surface area (Å²) >= 11 is 0. The molecule has 0 aliphatic carbocycles. The van der Waals surface area contributed by atoms with Gasteiger partial charge in [0.05, 0.1) is 24.5 Å². The number of amides is 1. The van der Waals surface area contributed by atoms with E-state index < -0.39 is 10.0 Å². The third kappa shape index (κ3) is 5.61. The van der Waals surface area contributed by atoms with Gasteiger partial charge in [-0.15, -0.1) is 6.58 Å². The van der Waals surface area contributed by atoms with Crippen LogP contribution >= 0.6 is 0 Å². The number of rotatable bonds is 8. The number of benzene rings is 3. The largest absolute Gasteiger partial charge is 0.341 e. The first-order chi connectivity index (χ1) is 14.8. The van der Waals surface area contributed by atoms with Crippen molar-refractivity contribution in [3.05, 3.63) is 114 Å². The predicted molar refractivity (Wildman–Crippen MR) is 126 cm³/mol. The maximum atomic E-state index is 13.0. The van der Waals surface area contributed by atoms with E-state index in [1.54, 1.807) is 24.3 Å². The van der Waals surface area contributed by atoms with Crippen molar-refractivity contribution >= 4 is 21.6 Å². The van der Waals surface area contributed by atoms with Crippen LogP contribution in [0.4, 0.5) is 5.69 Å². The molecule has 0 saturated heterocycles. The fourth-order valence-electron chi connectivity index (χ4n) is 3.31. The van der Waals surface area contributed by atoms with Crippen molar-refractivity contribution in [3.8, 4) is 0 Å². The van der Waals surface area contributed by atoms with Gasteiger partial charge in [-0.25, -0.2) is 8.42 Å². The Bertz CT molecular complexity index is 1140. The van der Waals surface area contributed by atoms with Gasteiger partial charge in [0.2, 0.25) is 10.0 Å². The highest BCUT2D eigenvalue weighted by atomic mass is 32.2. The van der Waals surface area contributed by atoms with Crippen LogP contribution in [0.1, 0.15) is 33.1 Å². The summed E-state index contributed by atoms with van der Waals surface area (Å²) in [6.07, 6.45) is 2.66. The lowest BCUT2D eigenvalue weighted by Crippen LogP contribution is -2.30. The van der Waals surface area contributed by atoms with Crippen molar-refractivity contribution in [2.24, 2.45) is 0 Å². The Morgan fingerprint density at radius 2 is 1.55 bits per heavy atom. The highest BCUT2D eigenvalue weighted by Gasteiger charge is 2.19. The van der Waals surface area contributed by atoms with E-state index in [1.165, 1.54) is 10.4 Å². The molecule has 3 aromatic carbocycles. The van der Waals surface area contributed by atoms with Gasteiger partial charge in [-0.05, 0) is 42.3 Å². The highest BCUT2D eigenvalue weighted by Crippen LogP contribution is 2.24. The first-order valence-corrected chi connectivity index (χ1v) is 11.8.